The molecule has 0 aliphatic heterocycles. The van der Waals surface area contributed by atoms with Gasteiger partial charge in [-0.2, -0.15) is 0 Å². The molecule has 1 aliphatic carbocycles. The maximum atomic E-state index is 3.76. The second-order valence-electron chi connectivity index (χ2n) is 5.95. The fraction of sp³-hybridized carbons (Fsp3) is 1.00. The van der Waals surface area contributed by atoms with E-state index in [9.17, 15) is 0 Å². The van der Waals surface area contributed by atoms with Crippen molar-refractivity contribution in [3.8, 4) is 0 Å². The zero-order chi connectivity index (χ0) is 12.7. The zero-order valence-corrected chi connectivity index (χ0v) is 12.3. The maximum Gasteiger partial charge on any atom is 0.00721 e. The van der Waals surface area contributed by atoms with Gasteiger partial charge in [-0.05, 0) is 63.7 Å². The van der Waals surface area contributed by atoms with Crippen molar-refractivity contribution in [3.63, 3.8) is 0 Å². The van der Waals surface area contributed by atoms with Gasteiger partial charge in [-0.3, -0.25) is 0 Å². The second-order valence-corrected chi connectivity index (χ2v) is 5.95. The molecule has 1 N–H and O–H groups in total. The van der Waals surface area contributed by atoms with E-state index < -0.39 is 0 Å². The van der Waals surface area contributed by atoms with Gasteiger partial charge in [0.05, 0.1) is 0 Å². The lowest BCUT2D eigenvalue weighted by molar-refractivity contribution is 0.233. The fourth-order valence-electron chi connectivity index (χ4n) is 3.26. The highest BCUT2D eigenvalue weighted by atomic mass is 15.1. The minimum absolute atomic E-state index is 0.783. The normalized spacial score (nSPS) is 29.8. The molecule has 17 heavy (non-hydrogen) atoms. The molecule has 0 amide bonds. The van der Waals surface area contributed by atoms with Crippen molar-refractivity contribution in [1.29, 1.82) is 0 Å². The maximum absolute atomic E-state index is 3.76. The summed E-state index contributed by atoms with van der Waals surface area (Å²) >= 11 is 0. The Kier molecular flexibility index (Phi) is 7.14. The first-order valence-corrected chi connectivity index (χ1v) is 7.61. The Bertz CT molecular complexity index is 179. The molecular formula is C15H32N2. The van der Waals surface area contributed by atoms with Gasteiger partial charge in [0.2, 0.25) is 0 Å². The summed E-state index contributed by atoms with van der Waals surface area (Å²) in [5, 5.41) is 3.76. The standard InChI is InChI=1S/C15H32N2/c1-5-17(6-2)9-7-8-16-15-11-13(3)10-14(4)12-15/h13-16H,5-12H2,1-4H3. The minimum atomic E-state index is 0.783. The topological polar surface area (TPSA) is 15.3 Å². The molecule has 0 saturated heterocycles. The van der Waals surface area contributed by atoms with Crippen LogP contribution < -0.4 is 5.32 Å². The minimum Gasteiger partial charge on any atom is -0.314 e. The van der Waals surface area contributed by atoms with Crippen LogP contribution in [-0.4, -0.2) is 37.1 Å². The number of rotatable bonds is 7. The molecule has 0 bridgehead atoms. The predicted molar refractivity (Wildman–Crippen MR) is 76.4 cm³/mol. The van der Waals surface area contributed by atoms with Gasteiger partial charge in [-0.15, -0.1) is 0 Å². The summed E-state index contributed by atoms with van der Waals surface area (Å²) in [7, 11) is 0. The van der Waals surface area contributed by atoms with Gasteiger partial charge in [0.1, 0.15) is 0 Å². The Hall–Kier alpha value is -0.0800. The van der Waals surface area contributed by atoms with Crippen molar-refractivity contribution in [2.45, 2.75) is 59.4 Å². The van der Waals surface area contributed by atoms with Crippen LogP contribution in [0.1, 0.15) is 53.4 Å². The fourth-order valence-corrected chi connectivity index (χ4v) is 3.26. The van der Waals surface area contributed by atoms with Gasteiger partial charge in [0.15, 0.2) is 0 Å². The zero-order valence-electron chi connectivity index (χ0n) is 12.3. The molecule has 2 atom stereocenters. The summed E-state index contributed by atoms with van der Waals surface area (Å²) in [6.07, 6.45) is 5.49. The molecule has 2 heteroatoms. The van der Waals surface area contributed by atoms with Gasteiger partial charge in [0.25, 0.3) is 0 Å². The lowest BCUT2D eigenvalue weighted by Crippen LogP contribution is -2.37. The Morgan fingerprint density at radius 2 is 1.59 bits per heavy atom. The van der Waals surface area contributed by atoms with Crippen LogP contribution in [0.15, 0.2) is 0 Å². The van der Waals surface area contributed by atoms with E-state index >= 15 is 0 Å². The first-order valence-electron chi connectivity index (χ1n) is 7.61. The Morgan fingerprint density at radius 1 is 1.00 bits per heavy atom. The molecule has 2 nitrogen and oxygen atoms in total. The molecule has 0 aromatic carbocycles. The largest absolute Gasteiger partial charge is 0.314 e. The van der Waals surface area contributed by atoms with E-state index in [2.05, 4.69) is 37.9 Å². The molecule has 0 heterocycles. The number of nitrogens with zero attached hydrogens (tertiary/aromatic N) is 1. The van der Waals surface area contributed by atoms with Crippen molar-refractivity contribution in [2.24, 2.45) is 11.8 Å². The molecule has 0 aromatic rings. The van der Waals surface area contributed by atoms with Crippen molar-refractivity contribution >= 4 is 0 Å². The van der Waals surface area contributed by atoms with Gasteiger partial charge in [-0.1, -0.05) is 27.7 Å². The van der Waals surface area contributed by atoms with Crippen LogP contribution in [0.25, 0.3) is 0 Å². The van der Waals surface area contributed by atoms with Crippen molar-refractivity contribution in [1.82, 2.24) is 10.2 Å². The molecule has 0 spiro atoms. The molecule has 1 fully saturated rings. The van der Waals surface area contributed by atoms with Crippen molar-refractivity contribution in [3.05, 3.63) is 0 Å². The lowest BCUT2D eigenvalue weighted by atomic mass is 9.80. The highest BCUT2D eigenvalue weighted by molar-refractivity contribution is 4.79. The van der Waals surface area contributed by atoms with Crippen LogP contribution in [0.3, 0.4) is 0 Å². The van der Waals surface area contributed by atoms with E-state index in [0.29, 0.717) is 0 Å². The number of nitrogens with one attached hydrogen (secondary N) is 1. The Morgan fingerprint density at radius 3 is 2.12 bits per heavy atom. The quantitative estimate of drug-likeness (QED) is 0.688. The van der Waals surface area contributed by atoms with Gasteiger partial charge in [0, 0.05) is 6.04 Å². The first-order chi connectivity index (χ1) is 8.15. The second kappa shape index (κ2) is 8.10. The average Bonchev–Trinajstić information content (AvgIpc) is 2.28. The van der Waals surface area contributed by atoms with Gasteiger partial charge >= 0.3 is 0 Å². The highest BCUT2D eigenvalue weighted by Crippen LogP contribution is 2.28. The van der Waals surface area contributed by atoms with Gasteiger partial charge in [-0.25, -0.2) is 0 Å². The van der Waals surface area contributed by atoms with Crippen LogP contribution in [0.4, 0.5) is 0 Å². The molecule has 1 saturated carbocycles. The van der Waals surface area contributed by atoms with Crippen molar-refractivity contribution < 1.29 is 0 Å². The third kappa shape index (κ3) is 5.87. The molecule has 102 valence electrons. The van der Waals surface area contributed by atoms with Crippen LogP contribution in [0.2, 0.25) is 0 Å². The highest BCUT2D eigenvalue weighted by Gasteiger charge is 2.22. The third-order valence-corrected chi connectivity index (χ3v) is 4.16. The van der Waals surface area contributed by atoms with Crippen LogP contribution in [-0.2, 0) is 0 Å². The van der Waals surface area contributed by atoms with E-state index in [-0.39, 0.29) is 0 Å². The van der Waals surface area contributed by atoms with E-state index in [4.69, 9.17) is 0 Å². The average molecular weight is 240 g/mol. The Balaban J connectivity index is 2.09. The molecule has 0 radical (unpaired) electrons. The monoisotopic (exact) mass is 240 g/mol. The number of hydrogen-bond acceptors (Lipinski definition) is 2. The summed E-state index contributed by atoms with van der Waals surface area (Å²) in [6.45, 7) is 14.1. The SMILES string of the molecule is CCN(CC)CCCNC1CC(C)CC(C)C1. The smallest absolute Gasteiger partial charge is 0.00721 e. The Labute approximate surface area is 108 Å². The van der Waals surface area contributed by atoms with Crippen LogP contribution >= 0.6 is 0 Å². The van der Waals surface area contributed by atoms with E-state index in [1.54, 1.807) is 0 Å². The first kappa shape index (κ1) is 15.0. The molecule has 1 aliphatic rings. The van der Waals surface area contributed by atoms with E-state index in [1.165, 1.54) is 51.9 Å². The summed E-state index contributed by atoms with van der Waals surface area (Å²) in [6, 6.07) is 0.783. The number of hydrogen-bond donors (Lipinski definition) is 1. The molecule has 2 unspecified atom stereocenters. The summed E-state index contributed by atoms with van der Waals surface area (Å²) in [5.41, 5.74) is 0. The van der Waals surface area contributed by atoms with Crippen molar-refractivity contribution in [2.75, 3.05) is 26.2 Å². The molecule has 0 aromatic heterocycles. The van der Waals surface area contributed by atoms with Crippen LogP contribution in [0.5, 0.6) is 0 Å². The summed E-state index contributed by atoms with van der Waals surface area (Å²) in [5.74, 6) is 1.83. The third-order valence-electron chi connectivity index (χ3n) is 4.16. The summed E-state index contributed by atoms with van der Waals surface area (Å²) in [4.78, 5) is 2.51. The van der Waals surface area contributed by atoms with Crippen LogP contribution in [0, 0.1) is 11.8 Å². The van der Waals surface area contributed by atoms with E-state index in [1.807, 2.05) is 0 Å². The predicted octanol–water partition coefficient (Wildman–Crippen LogP) is 3.13. The molecular weight excluding hydrogens is 208 g/mol. The molecule has 1 rings (SSSR count). The van der Waals surface area contributed by atoms with Gasteiger partial charge < -0.3 is 10.2 Å². The summed E-state index contributed by atoms with van der Waals surface area (Å²) < 4.78 is 0. The van der Waals surface area contributed by atoms with E-state index in [0.717, 1.165) is 17.9 Å². The lowest BCUT2D eigenvalue weighted by Gasteiger charge is -2.32.